The van der Waals surface area contributed by atoms with Crippen LogP contribution in [-0.2, 0) is 11.3 Å². The zero-order valence-electron chi connectivity index (χ0n) is 13.6. The van der Waals surface area contributed by atoms with Gasteiger partial charge in [-0.3, -0.25) is 4.79 Å². The van der Waals surface area contributed by atoms with Crippen molar-refractivity contribution < 1.29 is 9.53 Å². The zero-order chi connectivity index (χ0) is 16.9. The van der Waals surface area contributed by atoms with Gasteiger partial charge in [0.05, 0.1) is 7.11 Å². The number of benzene rings is 2. The van der Waals surface area contributed by atoms with E-state index in [1.165, 1.54) is 0 Å². The highest BCUT2D eigenvalue weighted by molar-refractivity contribution is 6.30. The highest BCUT2D eigenvalue weighted by Gasteiger charge is 2.31. The third-order valence-electron chi connectivity index (χ3n) is 4.07. The van der Waals surface area contributed by atoms with E-state index in [0.717, 1.165) is 29.7 Å². The van der Waals surface area contributed by atoms with Gasteiger partial charge in [-0.2, -0.15) is 0 Å². The molecule has 0 aromatic heterocycles. The number of carbonyl (C=O) groups excluding carboxylic acids is 1. The molecular formula is C20H20ClNO2. The highest BCUT2D eigenvalue weighted by atomic mass is 35.5. The molecule has 2 aromatic carbocycles. The molecule has 3 rings (SSSR count). The molecule has 1 aliphatic carbocycles. The molecule has 0 bridgehead atoms. The fourth-order valence-corrected chi connectivity index (χ4v) is 2.66. The van der Waals surface area contributed by atoms with Gasteiger partial charge in [-0.25, -0.2) is 0 Å². The van der Waals surface area contributed by atoms with Crippen LogP contribution in [0.4, 0.5) is 0 Å². The second kappa shape index (κ2) is 7.54. The summed E-state index contributed by atoms with van der Waals surface area (Å²) in [6.45, 7) is 0.623. The molecule has 4 heteroatoms. The number of methoxy groups -OCH3 is 1. The van der Waals surface area contributed by atoms with Crippen molar-refractivity contribution in [3.8, 4) is 5.75 Å². The SMILES string of the molecule is COc1ccc(CN(C(=O)/C=C/c2ccc(Cl)cc2)C2CC2)cc1. The molecule has 3 nitrogen and oxygen atoms in total. The van der Waals surface area contributed by atoms with Gasteiger partial charge in [-0.1, -0.05) is 35.9 Å². The molecule has 0 heterocycles. The van der Waals surface area contributed by atoms with Gasteiger partial charge in [0, 0.05) is 23.7 Å². The van der Waals surface area contributed by atoms with E-state index < -0.39 is 0 Å². The third-order valence-corrected chi connectivity index (χ3v) is 4.32. The van der Waals surface area contributed by atoms with Crippen molar-refractivity contribution in [3.63, 3.8) is 0 Å². The molecule has 0 atom stereocenters. The Kier molecular flexibility index (Phi) is 5.21. The van der Waals surface area contributed by atoms with Crippen LogP contribution in [0.1, 0.15) is 24.0 Å². The highest BCUT2D eigenvalue weighted by Crippen LogP contribution is 2.29. The van der Waals surface area contributed by atoms with E-state index in [1.54, 1.807) is 13.2 Å². The minimum atomic E-state index is 0.0447. The predicted octanol–water partition coefficient (Wildman–Crippen LogP) is 4.55. The molecule has 1 fully saturated rings. The van der Waals surface area contributed by atoms with Crippen molar-refractivity contribution in [2.24, 2.45) is 0 Å². The summed E-state index contributed by atoms with van der Waals surface area (Å²) in [5.74, 6) is 0.869. The van der Waals surface area contributed by atoms with Gasteiger partial charge in [0.1, 0.15) is 5.75 Å². The van der Waals surface area contributed by atoms with Crippen LogP contribution in [0.5, 0.6) is 5.75 Å². The average Bonchev–Trinajstić information content (AvgIpc) is 3.44. The van der Waals surface area contributed by atoms with E-state index in [2.05, 4.69) is 0 Å². The molecule has 0 radical (unpaired) electrons. The molecule has 0 saturated heterocycles. The Balaban J connectivity index is 1.68. The van der Waals surface area contributed by atoms with Crippen LogP contribution >= 0.6 is 11.6 Å². The van der Waals surface area contributed by atoms with E-state index in [0.29, 0.717) is 17.6 Å². The fourth-order valence-electron chi connectivity index (χ4n) is 2.54. The van der Waals surface area contributed by atoms with Crippen LogP contribution in [0.25, 0.3) is 6.08 Å². The van der Waals surface area contributed by atoms with E-state index in [-0.39, 0.29) is 5.91 Å². The Morgan fingerprint density at radius 2 is 1.83 bits per heavy atom. The number of amides is 1. The van der Waals surface area contributed by atoms with Crippen LogP contribution in [0, 0.1) is 0 Å². The predicted molar refractivity (Wildman–Crippen MR) is 97.1 cm³/mol. The van der Waals surface area contributed by atoms with Crippen molar-refractivity contribution >= 4 is 23.6 Å². The number of ether oxygens (including phenoxy) is 1. The summed E-state index contributed by atoms with van der Waals surface area (Å²) < 4.78 is 5.18. The van der Waals surface area contributed by atoms with Gasteiger partial charge in [0.15, 0.2) is 0 Å². The standard InChI is InChI=1S/C20H20ClNO2/c1-24-19-11-4-16(5-12-19)14-22(18-9-10-18)20(23)13-6-15-2-7-17(21)8-3-15/h2-8,11-13,18H,9-10,14H2,1H3/b13-6+. The van der Waals surface area contributed by atoms with Crippen LogP contribution < -0.4 is 4.74 Å². The first-order valence-electron chi connectivity index (χ1n) is 8.03. The number of nitrogens with zero attached hydrogens (tertiary/aromatic N) is 1. The van der Waals surface area contributed by atoms with Crippen LogP contribution in [0.15, 0.2) is 54.6 Å². The van der Waals surface area contributed by atoms with E-state index in [1.807, 2.05) is 59.5 Å². The molecular weight excluding hydrogens is 322 g/mol. The maximum atomic E-state index is 12.6. The van der Waals surface area contributed by atoms with Gasteiger partial charge in [0.25, 0.3) is 0 Å². The lowest BCUT2D eigenvalue weighted by Crippen LogP contribution is -2.31. The molecule has 124 valence electrons. The fraction of sp³-hybridized carbons (Fsp3) is 0.250. The molecule has 2 aromatic rings. The smallest absolute Gasteiger partial charge is 0.247 e. The lowest BCUT2D eigenvalue weighted by molar-refractivity contribution is -0.127. The van der Waals surface area contributed by atoms with Gasteiger partial charge in [-0.15, -0.1) is 0 Å². The van der Waals surface area contributed by atoms with Gasteiger partial charge < -0.3 is 9.64 Å². The Hall–Kier alpha value is -2.26. The summed E-state index contributed by atoms with van der Waals surface area (Å²) >= 11 is 5.88. The number of carbonyl (C=O) groups is 1. The first-order chi connectivity index (χ1) is 11.7. The van der Waals surface area contributed by atoms with Crippen LogP contribution in [0.3, 0.4) is 0 Å². The molecule has 1 amide bonds. The lowest BCUT2D eigenvalue weighted by atomic mass is 10.2. The lowest BCUT2D eigenvalue weighted by Gasteiger charge is -2.21. The van der Waals surface area contributed by atoms with Crippen molar-refractivity contribution in [3.05, 3.63) is 70.8 Å². The minimum Gasteiger partial charge on any atom is -0.497 e. The normalized spacial score (nSPS) is 13.9. The quantitative estimate of drug-likeness (QED) is 0.721. The summed E-state index contributed by atoms with van der Waals surface area (Å²) in [5.41, 5.74) is 2.07. The second-order valence-electron chi connectivity index (χ2n) is 5.93. The minimum absolute atomic E-state index is 0.0447. The monoisotopic (exact) mass is 341 g/mol. The van der Waals surface area contributed by atoms with Gasteiger partial charge in [0.2, 0.25) is 5.91 Å². The Labute approximate surface area is 147 Å². The number of hydrogen-bond donors (Lipinski definition) is 0. The zero-order valence-corrected chi connectivity index (χ0v) is 14.4. The number of hydrogen-bond acceptors (Lipinski definition) is 2. The van der Waals surface area contributed by atoms with Gasteiger partial charge >= 0.3 is 0 Å². The van der Waals surface area contributed by atoms with Crippen molar-refractivity contribution in [2.75, 3.05) is 7.11 Å². The van der Waals surface area contributed by atoms with Crippen LogP contribution in [0.2, 0.25) is 5.02 Å². The average molecular weight is 342 g/mol. The summed E-state index contributed by atoms with van der Waals surface area (Å²) in [6, 6.07) is 15.7. The Morgan fingerprint density at radius 3 is 2.42 bits per heavy atom. The summed E-state index contributed by atoms with van der Waals surface area (Å²) in [4.78, 5) is 14.5. The summed E-state index contributed by atoms with van der Waals surface area (Å²) in [6.07, 6.45) is 5.64. The molecule has 0 spiro atoms. The summed E-state index contributed by atoms with van der Waals surface area (Å²) in [7, 11) is 1.65. The van der Waals surface area contributed by atoms with E-state index in [9.17, 15) is 4.79 Å². The number of rotatable bonds is 6. The summed E-state index contributed by atoms with van der Waals surface area (Å²) in [5, 5.41) is 0.692. The topological polar surface area (TPSA) is 29.5 Å². The van der Waals surface area contributed by atoms with E-state index >= 15 is 0 Å². The van der Waals surface area contributed by atoms with Crippen LogP contribution in [-0.4, -0.2) is 24.0 Å². The molecule has 1 saturated carbocycles. The second-order valence-corrected chi connectivity index (χ2v) is 6.37. The van der Waals surface area contributed by atoms with Crippen molar-refractivity contribution in [2.45, 2.75) is 25.4 Å². The molecule has 24 heavy (non-hydrogen) atoms. The van der Waals surface area contributed by atoms with E-state index in [4.69, 9.17) is 16.3 Å². The maximum absolute atomic E-state index is 12.6. The van der Waals surface area contributed by atoms with Crippen molar-refractivity contribution in [1.82, 2.24) is 4.90 Å². The Bertz CT molecular complexity index is 718. The number of halogens is 1. The Morgan fingerprint density at radius 1 is 1.17 bits per heavy atom. The molecule has 1 aliphatic rings. The van der Waals surface area contributed by atoms with Crippen molar-refractivity contribution in [1.29, 1.82) is 0 Å². The molecule has 0 N–H and O–H groups in total. The first kappa shape index (κ1) is 16.6. The van der Waals surface area contributed by atoms with Gasteiger partial charge in [-0.05, 0) is 54.3 Å². The largest absolute Gasteiger partial charge is 0.497 e. The maximum Gasteiger partial charge on any atom is 0.247 e. The molecule has 0 aliphatic heterocycles. The first-order valence-corrected chi connectivity index (χ1v) is 8.40. The third kappa shape index (κ3) is 4.39. The molecule has 0 unspecified atom stereocenters.